The lowest BCUT2D eigenvalue weighted by atomic mass is 10.3. The second kappa shape index (κ2) is 7.23. The average molecular weight is 316 g/mol. The van der Waals surface area contributed by atoms with E-state index in [1.54, 1.807) is 4.90 Å². The van der Waals surface area contributed by atoms with E-state index >= 15 is 0 Å². The average Bonchev–Trinajstić information content (AvgIpc) is 2.96. The fraction of sp³-hybridized carbons (Fsp3) is 0.438. The number of aryl methyl sites for hydroxylation is 1. The minimum atomic E-state index is -0.0309. The molecule has 23 heavy (non-hydrogen) atoms. The predicted molar refractivity (Wildman–Crippen MR) is 82.9 cm³/mol. The third-order valence-electron chi connectivity index (χ3n) is 3.76. The zero-order chi connectivity index (χ0) is 16.1. The third kappa shape index (κ3) is 3.87. The molecule has 0 atom stereocenters. The maximum absolute atomic E-state index is 12.2. The highest BCUT2D eigenvalue weighted by atomic mass is 16.5. The van der Waals surface area contributed by atoms with Crippen LogP contribution in [0.5, 0.6) is 5.75 Å². The molecule has 3 rings (SSSR count). The maximum atomic E-state index is 12.2. The van der Waals surface area contributed by atoms with Gasteiger partial charge in [0.25, 0.3) is 0 Å². The molecular formula is C16H20N4O3. The van der Waals surface area contributed by atoms with Gasteiger partial charge in [0.1, 0.15) is 24.8 Å². The summed E-state index contributed by atoms with van der Waals surface area (Å²) in [6, 6.07) is 9.53. The Bertz CT molecular complexity index is 657. The Morgan fingerprint density at radius 3 is 2.83 bits per heavy atom. The largest absolute Gasteiger partial charge is 0.491 e. The summed E-state index contributed by atoms with van der Waals surface area (Å²) < 4.78 is 13.0. The molecule has 0 spiro atoms. The number of ether oxygens (including phenoxy) is 2. The van der Waals surface area contributed by atoms with Gasteiger partial charge in [-0.15, -0.1) is 10.2 Å². The van der Waals surface area contributed by atoms with E-state index in [2.05, 4.69) is 10.2 Å². The first-order valence-electron chi connectivity index (χ1n) is 7.66. The van der Waals surface area contributed by atoms with Crippen molar-refractivity contribution in [3.63, 3.8) is 0 Å². The van der Waals surface area contributed by atoms with Crippen LogP contribution in [0.1, 0.15) is 11.6 Å². The van der Waals surface area contributed by atoms with Crippen LogP contribution in [0, 0.1) is 6.92 Å². The summed E-state index contributed by atoms with van der Waals surface area (Å²) >= 11 is 0. The van der Waals surface area contributed by atoms with Gasteiger partial charge in [-0.3, -0.25) is 4.79 Å². The standard InChI is InChI=1S/C16H20N4O3/c1-13-17-18-15-11-19(7-8-20(13)15)16(21)12-22-9-10-23-14-5-3-2-4-6-14/h2-6H,7-12H2,1H3. The van der Waals surface area contributed by atoms with E-state index in [0.717, 1.165) is 23.9 Å². The smallest absolute Gasteiger partial charge is 0.249 e. The second-order valence-corrected chi connectivity index (χ2v) is 5.34. The summed E-state index contributed by atoms with van der Waals surface area (Å²) in [6.45, 7) is 4.67. The Morgan fingerprint density at radius 1 is 1.17 bits per heavy atom. The van der Waals surface area contributed by atoms with Crippen molar-refractivity contribution in [1.29, 1.82) is 0 Å². The molecule has 0 N–H and O–H groups in total. The van der Waals surface area contributed by atoms with Gasteiger partial charge in [-0.25, -0.2) is 0 Å². The topological polar surface area (TPSA) is 69.5 Å². The number of carbonyl (C=O) groups excluding carboxylic acids is 1. The van der Waals surface area contributed by atoms with E-state index in [0.29, 0.717) is 26.3 Å². The summed E-state index contributed by atoms with van der Waals surface area (Å²) in [6.07, 6.45) is 0. The predicted octanol–water partition coefficient (Wildman–Crippen LogP) is 1.02. The molecule has 0 saturated heterocycles. The SMILES string of the molecule is Cc1nnc2n1CCN(C(=O)COCCOc1ccccc1)C2. The summed E-state index contributed by atoms with van der Waals surface area (Å²) in [5.74, 6) is 2.49. The number of hydrogen-bond donors (Lipinski definition) is 0. The molecule has 1 aliphatic heterocycles. The van der Waals surface area contributed by atoms with Crippen molar-refractivity contribution < 1.29 is 14.3 Å². The first-order valence-corrected chi connectivity index (χ1v) is 7.66. The van der Waals surface area contributed by atoms with Gasteiger partial charge in [0.05, 0.1) is 13.2 Å². The second-order valence-electron chi connectivity index (χ2n) is 5.34. The fourth-order valence-electron chi connectivity index (χ4n) is 2.50. The van der Waals surface area contributed by atoms with Crippen molar-refractivity contribution in [1.82, 2.24) is 19.7 Å². The van der Waals surface area contributed by atoms with Gasteiger partial charge in [-0.2, -0.15) is 0 Å². The molecule has 1 amide bonds. The van der Waals surface area contributed by atoms with Crippen LogP contribution >= 0.6 is 0 Å². The molecule has 2 aromatic rings. The number of rotatable bonds is 6. The normalized spacial score (nSPS) is 13.7. The number of carbonyl (C=O) groups is 1. The van der Waals surface area contributed by atoms with Gasteiger partial charge in [-0.05, 0) is 19.1 Å². The van der Waals surface area contributed by atoms with Gasteiger partial charge in [0, 0.05) is 13.1 Å². The van der Waals surface area contributed by atoms with Crippen molar-refractivity contribution in [2.45, 2.75) is 20.0 Å². The van der Waals surface area contributed by atoms with Crippen LogP contribution < -0.4 is 4.74 Å². The number of para-hydroxylation sites is 1. The van der Waals surface area contributed by atoms with Crippen molar-refractivity contribution in [3.05, 3.63) is 42.0 Å². The molecule has 1 aromatic heterocycles. The number of hydrogen-bond acceptors (Lipinski definition) is 5. The van der Waals surface area contributed by atoms with Crippen LogP contribution in [-0.4, -0.2) is 51.9 Å². The van der Waals surface area contributed by atoms with Crippen LogP contribution in [0.2, 0.25) is 0 Å². The summed E-state index contributed by atoms with van der Waals surface area (Å²) in [5.41, 5.74) is 0. The number of aromatic nitrogens is 3. The summed E-state index contributed by atoms with van der Waals surface area (Å²) in [7, 11) is 0. The molecule has 0 fully saturated rings. The summed E-state index contributed by atoms with van der Waals surface area (Å²) in [4.78, 5) is 13.9. The molecule has 7 heteroatoms. The van der Waals surface area contributed by atoms with Gasteiger partial charge in [0.15, 0.2) is 5.82 Å². The first-order chi connectivity index (χ1) is 11.2. The molecule has 7 nitrogen and oxygen atoms in total. The lowest BCUT2D eigenvalue weighted by molar-refractivity contribution is -0.137. The van der Waals surface area contributed by atoms with E-state index in [4.69, 9.17) is 9.47 Å². The number of amides is 1. The monoisotopic (exact) mass is 316 g/mol. The first kappa shape index (κ1) is 15.5. The maximum Gasteiger partial charge on any atom is 0.249 e. The zero-order valence-electron chi connectivity index (χ0n) is 13.1. The molecule has 0 unspecified atom stereocenters. The highest BCUT2D eigenvalue weighted by Gasteiger charge is 2.23. The van der Waals surface area contributed by atoms with Crippen molar-refractivity contribution >= 4 is 5.91 Å². The Labute approximate surface area is 134 Å². The summed E-state index contributed by atoms with van der Waals surface area (Å²) in [5, 5.41) is 8.13. The van der Waals surface area contributed by atoms with E-state index in [9.17, 15) is 4.79 Å². The molecular weight excluding hydrogens is 296 g/mol. The van der Waals surface area contributed by atoms with Crippen LogP contribution in [0.4, 0.5) is 0 Å². The molecule has 122 valence electrons. The Balaban J connectivity index is 1.37. The van der Waals surface area contributed by atoms with Crippen LogP contribution in [0.25, 0.3) is 0 Å². The van der Waals surface area contributed by atoms with E-state index in [1.807, 2.05) is 41.8 Å². The van der Waals surface area contributed by atoms with Crippen LogP contribution in [-0.2, 0) is 22.6 Å². The molecule has 0 aliphatic carbocycles. The highest BCUT2D eigenvalue weighted by Crippen LogP contribution is 2.12. The van der Waals surface area contributed by atoms with Gasteiger partial charge >= 0.3 is 0 Å². The van der Waals surface area contributed by atoms with Crippen molar-refractivity contribution in [3.8, 4) is 5.75 Å². The number of nitrogens with zero attached hydrogens (tertiary/aromatic N) is 4. The lowest BCUT2D eigenvalue weighted by Crippen LogP contribution is -2.40. The van der Waals surface area contributed by atoms with Gasteiger partial charge in [-0.1, -0.05) is 18.2 Å². The fourth-order valence-corrected chi connectivity index (χ4v) is 2.50. The number of benzene rings is 1. The van der Waals surface area contributed by atoms with Gasteiger partial charge < -0.3 is 18.9 Å². The Hall–Kier alpha value is -2.41. The molecule has 0 radical (unpaired) electrons. The Kier molecular flexibility index (Phi) is 4.87. The van der Waals surface area contributed by atoms with Crippen LogP contribution in [0.3, 0.4) is 0 Å². The minimum Gasteiger partial charge on any atom is -0.491 e. The van der Waals surface area contributed by atoms with E-state index in [-0.39, 0.29) is 12.5 Å². The lowest BCUT2D eigenvalue weighted by Gasteiger charge is -2.27. The zero-order valence-corrected chi connectivity index (χ0v) is 13.1. The molecule has 1 aromatic carbocycles. The van der Waals surface area contributed by atoms with Crippen LogP contribution in [0.15, 0.2) is 30.3 Å². The molecule has 2 heterocycles. The third-order valence-corrected chi connectivity index (χ3v) is 3.76. The van der Waals surface area contributed by atoms with Crippen molar-refractivity contribution in [2.24, 2.45) is 0 Å². The molecule has 0 bridgehead atoms. The molecule has 1 aliphatic rings. The number of fused-ring (bicyclic) bond motifs is 1. The Morgan fingerprint density at radius 2 is 2.00 bits per heavy atom. The quantitative estimate of drug-likeness (QED) is 0.744. The van der Waals surface area contributed by atoms with Crippen molar-refractivity contribution in [2.75, 3.05) is 26.4 Å². The van der Waals surface area contributed by atoms with Gasteiger partial charge in [0.2, 0.25) is 5.91 Å². The van der Waals surface area contributed by atoms with E-state index in [1.165, 1.54) is 0 Å². The molecule has 0 saturated carbocycles. The highest BCUT2D eigenvalue weighted by molar-refractivity contribution is 5.77. The minimum absolute atomic E-state index is 0.0309. The van der Waals surface area contributed by atoms with E-state index < -0.39 is 0 Å².